The molecule has 9 nitrogen and oxygen atoms in total. The maximum absolute atomic E-state index is 12.7. The third kappa shape index (κ3) is 10.6. The molecule has 0 saturated heterocycles. The molecular weight excluding hydrogens is 438 g/mol. The van der Waals surface area contributed by atoms with Gasteiger partial charge in [0.15, 0.2) is 0 Å². The number of hydrogen-bond acceptors (Lipinski definition) is 6. The molecule has 0 radical (unpaired) electrons. The smallest absolute Gasteiger partial charge is 0.408 e. The van der Waals surface area contributed by atoms with Gasteiger partial charge in [-0.05, 0) is 31.9 Å². The van der Waals surface area contributed by atoms with Crippen LogP contribution in [0.4, 0.5) is 4.79 Å². The van der Waals surface area contributed by atoms with Gasteiger partial charge in [-0.2, -0.15) is 0 Å². The number of nitrogens with one attached hydrogen (secondary N) is 3. The SMILES string of the molecule is CC(C)(C)OC(=O)NCC(=O)N[C@@H](Cc1ccccc1)C(=O)NCC(=O)OCc1ccccc1. The van der Waals surface area contributed by atoms with E-state index in [4.69, 9.17) is 9.47 Å². The Kier molecular flexibility index (Phi) is 10.1. The summed E-state index contributed by atoms with van der Waals surface area (Å²) in [5.41, 5.74) is 0.939. The monoisotopic (exact) mass is 469 g/mol. The summed E-state index contributed by atoms with van der Waals surface area (Å²) in [5.74, 6) is -1.73. The molecule has 182 valence electrons. The van der Waals surface area contributed by atoms with E-state index in [1.165, 1.54) is 0 Å². The molecule has 0 aliphatic heterocycles. The number of carbonyl (C=O) groups excluding carboxylic acids is 4. The summed E-state index contributed by atoms with van der Waals surface area (Å²) >= 11 is 0. The summed E-state index contributed by atoms with van der Waals surface area (Å²) in [4.78, 5) is 48.9. The van der Waals surface area contributed by atoms with E-state index in [0.29, 0.717) is 0 Å². The van der Waals surface area contributed by atoms with Gasteiger partial charge in [0.25, 0.3) is 0 Å². The predicted octanol–water partition coefficient (Wildman–Crippen LogP) is 2.10. The molecule has 9 heteroatoms. The maximum atomic E-state index is 12.7. The van der Waals surface area contributed by atoms with Crippen molar-refractivity contribution in [2.75, 3.05) is 13.1 Å². The fourth-order valence-corrected chi connectivity index (χ4v) is 2.84. The maximum Gasteiger partial charge on any atom is 0.408 e. The lowest BCUT2D eigenvalue weighted by Gasteiger charge is -2.21. The van der Waals surface area contributed by atoms with Crippen LogP contribution in [-0.2, 0) is 36.9 Å². The molecule has 34 heavy (non-hydrogen) atoms. The zero-order valence-corrected chi connectivity index (χ0v) is 19.6. The van der Waals surface area contributed by atoms with Gasteiger partial charge in [-0.25, -0.2) is 4.79 Å². The van der Waals surface area contributed by atoms with Gasteiger partial charge in [-0.15, -0.1) is 0 Å². The molecule has 3 amide bonds. The average Bonchev–Trinajstić information content (AvgIpc) is 2.79. The first kappa shape index (κ1) is 26.4. The summed E-state index contributed by atoms with van der Waals surface area (Å²) in [6.07, 6.45) is -0.544. The quantitative estimate of drug-likeness (QED) is 0.458. The fraction of sp³-hybridized carbons (Fsp3) is 0.360. The van der Waals surface area contributed by atoms with Gasteiger partial charge < -0.3 is 25.4 Å². The number of carbonyl (C=O) groups is 4. The molecule has 0 bridgehead atoms. The molecule has 0 aliphatic rings. The van der Waals surface area contributed by atoms with Crippen molar-refractivity contribution in [2.45, 2.75) is 45.4 Å². The number of hydrogen-bond donors (Lipinski definition) is 3. The van der Waals surface area contributed by atoms with Gasteiger partial charge in [0.2, 0.25) is 11.8 Å². The van der Waals surface area contributed by atoms with Crippen molar-refractivity contribution in [3.05, 3.63) is 71.8 Å². The average molecular weight is 470 g/mol. The molecular formula is C25H31N3O6. The highest BCUT2D eigenvalue weighted by atomic mass is 16.6. The van der Waals surface area contributed by atoms with Crippen molar-refractivity contribution in [1.82, 2.24) is 16.0 Å². The number of esters is 1. The van der Waals surface area contributed by atoms with E-state index >= 15 is 0 Å². The minimum absolute atomic E-state index is 0.0933. The highest BCUT2D eigenvalue weighted by Crippen LogP contribution is 2.07. The Balaban J connectivity index is 1.89. The van der Waals surface area contributed by atoms with E-state index in [2.05, 4.69) is 16.0 Å². The predicted molar refractivity (Wildman–Crippen MR) is 126 cm³/mol. The number of rotatable bonds is 10. The molecule has 0 unspecified atom stereocenters. The largest absolute Gasteiger partial charge is 0.460 e. The van der Waals surface area contributed by atoms with Crippen molar-refractivity contribution in [3.8, 4) is 0 Å². The molecule has 2 aromatic carbocycles. The molecule has 2 rings (SSSR count). The van der Waals surface area contributed by atoms with Gasteiger partial charge in [-0.1, -0.05) is 60.7 Å². The first-order valence-electron chi connectivity index (χ1n) is 10.9. The molecule has 3 N–H and O–H groups in total. The second-order valence-electron chi connectivity index (χ2n) is 8.53. The molecule has 1 atom stereocenters. The van der Waals surface area contributed by atoms with E-state index in [1.807, 2.05) is 60.7 Å². The van der Waals surface area contributed by atoms with E-state index in [0.717, 1.165) is 11.1 Å². The van der Waals surface area contributed by atoms with Gasteiger partial charge in [0.05, 0.1) is 0 Å². The highest BCUT2D eigenvalue weighted by molar-refractivity contribution is 5.91. The van der Waals surface area contributed by atoms with Crippen LogP contribution in [0.15, 0.2) is 60.7 Å². The van der Waals surface area contributed by atoms with Crippen LogP contribution in [0, 0.1) is 0 Å². The summed E-state index contributed by atoms with van der Waals surface area (Å²) in [7, 11) is 0. The first-order chi connectivity index (χ1) is 16.1. The second-order valence-corrected chi connectivity index (χ2v) is 8.53. The number of benzene rings is 2. The second kappa shape index (κ2) is 13.0. The van der Waals surface area contributed by atoms with E-state index < -0.39 is 35.5 Å². The highest BCUT2D eigenvalue weighted by Gasteiger charge is 2.23. The third-order valence-electron chi connectivity index (χ3n) is 4.38. The minimum atomic E-state index is -0.961. The molecule has 0 aliphatic carbocycles. The molecule has 0 fully saturated rings. The zero-order chi connectivity index (χ0) is 25.0. The fourth-order valence-electron chi connectivity index (χ4n) is 2.84. The standard InChI is InChI=1S/C25H31N3O6/c1-25(2,3)34-24(32)27-15-21(29)28-20(14-18-10-6-4-7-11-18)23(31)26-16-22(30)33-17-19-12-8-5-9-13-19/h4-13,20H,14-17H2,1-3H3,(H,26,31)(H,27,32)(H,28,29)/t20-/m0/s1. The van der Waals surface area contributed by atoms with Crippen LogP contribution in [0.3, 0.4) is 0 Å². The summed E-state index contributed by atoms with van der Waals surface area (Å²) in [6, 6.07) is 17.3. The Morgan fingerprint density at radius 2 is 1.41 bits per heavy atom. The van der Waals surface area contributed by atoms with Crippen LogP contribution in [0.5, 0.6) is 0 Å². The van der Waals surface area contributed by atoms with Crippen LogP contribution in [-0.4, -0.2) is 48.6 Å². The zero-order valence-electron chi connectivity index (χ0n) is 19.6. The molecule has 0 heterocycles. The third-order valence-corrected chi connectivity index (χ3v) is 4.38. The normalized spacial score (nSPS) is 11.6. The van der Waals surface area contributed by atoms with Crippen molar-refractivity contribution in [2.24, 2.45) is 0 Å². The van der Waals surface area contributed by atoms with E-state index in [-0.39, 0.29) is 26.1 Å². The Hall–Kier alpha value is -3.88. The number of amides is 3. The Morgan fingerprint density at radius 3 is 2.00 bits per heavy atom. The van der Waals surface area contributed by atoms with Crippen molar-refractivity contribution < 1.29 is 28.7 Å². The van der Waals surface area contributed by atoms with Crippen LogP contribution in [0.2, 0.25) is 0 Å². The molecule has 0 aromatic heterocycles. The van der Waals surface area contributed by atoms with Crippen molar-refractivity contribution in [1.29, 1.82) is 0 Å². The summed E-state index contributed by atoms with van der Waals surface area (Å²) < 4.78 is 10.3. The molecule has 0 saturated carbocycles. The van der Waals surface area contributed by atoms with E-state index in [1.54, 1.807) is 20.8 Å². The van der Waals surface area contributed by atoms with Crippen LogP contribution >= 0.6 is 0 Å². The van der Waals surface area contributed by atoms with Gasteiger partial charge in [0, 0.05) is 6.42 Å². The summed E-state index contributed by atoms with van der Waals surface area (Å²) in [6.45, 7) is 4.50. The number of ether oxygens (including phenoxy) is 2. The van der Waals surface area contributed by atoms with E-state index in [9.17, 15) is 19.2 Å². The molecule has 2 aromatic rings. The Labute approximate surface area is 199 Å². The van der Waals surface area contributed by atoms with Crippen LogP contribution < -0.4 is 16.0 Å². The molecule has 0 spiro atoms. The Bertz CT molecular complexity index is 958. The van der Waals surface area contributed by atoms with Gasteiger partial charge >= 0.3 is 12.1 Å². The lowest BCUT2D eigenvalue weighted by Crippen LogP contribution is -2.51. The van der Waals surface area contributed by atoms with Gasteiger partial charge in [0.1, 0.15) is 31.3 Å². The van der Waals surface area contributed by atoms with Crippen molar-refractivity contribution >= 4 is 23.9 Å². The lowest BCUT2D eigenvalue weighted by atomic mass is 10.1. The lowest BCUT2D eigenvalue weighted by molar-refractivity contribution is -0.145. The topological polar surface area (TPSA) is 123 Å². The Morgan fingerprint density at radius 1 is 0.824 bits per heavy atom. The van der Waals surface area contributed by atoms with Gasteiger partial charge in [-0.3, -0.25) is 14.4 Å². The number of alkyl carbamates (subject to hydrolysis) is 1. The summed E-state index contributed by atoms with van der Waals surface area (Å²) in [5, 5.41) is 7.44. The first-order valence-corrected chi connectivity index (χ1v) is 10.9. The van der Waals surface area contributed by atoms with Crippen molar-refractivity contribution in [3.63, 3.8) is 0 Å². The van der Waals surface area contributed by atoms with Crippen LogP contribution in [0.1, 0.15) is 31.9 Å². The minimum Gasteiger partial charge on any atom is -0.460 e. The van der Waals surface area contributed by atoms with Crippen LogP contribution in [0.25, 0.3) is 0 Å².